The molecule has 0 spiro atoms. The second-order valence-corrected chi connectivity index (χ2v) is 5.40. The predicted octanol–water partition coefficient (Wildman–Crippen LogP) is 2.80. The van der Waals surface area contributed by atoms with E-state index in [4.69, 9.17) is 4.74 Å². The summed E-state index contributed by atoms with van der Waals surface area (Å²) in [4.78, 5) is 23.1. The van der Waals surface area contributed by atoms with Crippen LogP contribution in [0.1, 0.15) is 65.2 Å². The van der Waals surface area contributed by atoms with Crippen LogP contribution < -0.4 is 5.32 Å². The first-order chi connectivity index (χ1) is 9.17. The van der Waals surface area contributed by atoms with E-state index in [9.17, 15) is 9.59 Å². The Hall–Kier alpha value is -1.06. The molecule has 0 aromatic rings. The number of ether oxygens (including phenoxy) is 1. The van der Waals surface area contributed by atoms with Gasteiger partial charge in [-0.2, -0.15) is 0 Å². The number of esters is 1. The summed E-state index contributed by atoms with van der Waals surface area (Å²) in [6, 6.07) is 0.183. The summed E-state index contributed by atoms with van der Waals surface area (Å²) in [7, 11) is 0. The number of hydrogen-bond donors (Lipinski definition) is 1. The Balaban J connectivity index is 2.39. The average Bonchev–Trinajstić information content (AvgIpc) is 2.38. The van der Waals surface area contributed by atoms with E-state index >= 15 is 0 Å². The Bertz CT molecular complexity index is 291. The molecule has 0 unspecified atom stereocenters. The van der Waals surface area contributed by atoms with E-state index < -0.39 is 0 Å². The van der Waals surface area contributed by atoms with Gasteiger partial charge in [0.1, 0.15) is 0 Å². The minimum Gasteiger partial charge on any atom is -0.465 e. The largest absolute Gasteiger partial charge is 0.465 e. The summed E-state index contributed by atoms with van der Waals surface area (Å²) in [6.07, 6.45) is 7.11. The Morgan fingerprint density at radius 2 is 1.79 bits per heavy atom. The van der Waals surface area contributed by atoms with Gasteiger partial charge in [-0.15, -0.1) is 0 Å². The zero-order chi connectivity index (χ0) is 14.1. The molecule has 4 nitrogen and oxygen atoms in total. The molecule has 0 aliphatic heterocycles. The summed E-state index contributed by atoms with van der Waals surface area (Å²) in [5, 5.41) is 3.10. The van der Waals surface area contributed by atoms with E-state index in [1.165, 1.54) is 0 Å². The van der Waals surface area contributed by atoms with Gasteiger partial charge in [0.25, 0.3) is 0 Å². The highest BCUT2D eigenvalue weighted by Crippen LogP contribution is 2.25. The van der Waals surface area contributed by atoms with Crippen molar-refractivity contribution in [1.29, 1.82) is 0 Å². The number of hydrogen-bond acceptors (Lipinski definition) is 3. The van der Waals surface area contributed by atoms with Crippen LogP contribution in [0.5, 0.6) is 0 Å². The Kier molecular flexibility index (Phi) is 7.53. The molecule has 1 aliphatic rings. The highest BCUT2D eigenvalue weighted by Gasteiger charge is 2.27. The van der Waals surface area contributed by atoms with Crippen molar-refractivity contribution in [3.8, 4) is 0 Å². The molecule has 110 valence electrons. The maximum absolute atomic E-state index is 11.7. The number of carbonyl (C=O) groups excluding carboxylic acids is 2. The summed E-state index contributed by atoms with van der Waals surface area (Å²) in [5.41, 5.74) is 0. The zero-order valence-corrected chi connectivity index (χ0v) is 12.2. The molecule has 1 aliphatic carbocycles. The maximum Gasteiger partial charge on any atom is 0.305 e. The van der Waals surface area contributed by atoms with E-state index in [0.717, 1.165) is 38.5 Å². The molecular weight excluding hydrogens is 242 g/mol. The molecule has 1 N–H and O–H groups in total. The Labute approximate surface area is 116 Å². The van der Waals surface area contributed by atoms with Gasteiger partial charge in [0.2, 0.25) is 5.91 Å². The van der Waals surface area contributed by atoms with Gasteiger partial charge in [0.05, 0.1) is 6.61 Å². The van der Waals surface area contributed by atoms with Crippen molar-refractivity contribution < 1.29 is 14.3 Å². The maximum atomic E-state index is 11.7. The lowest BCUT2D eigenvalue weighted by Crippen LogP contribution is -2.43. The zero-order valence-electron chi connectivity index (χ0n) is 12.2. The molecule has 0 heterocycles. The molecule has 0 radical (unpaired) electrons. The fourth-order valence-corrected chi connectivity index (χ4v) is 2.58. The van der Waals surface area contributed by atoms with E-state index in [1.54, 1.807) is 0 Å². The highest BCUT2D eigenvalue weighted by atomic mass is 16.5. The van der Waals surface area contributed by atoms with E-state index in [0.29, 0.717) is 19.4 Å². The number of carbonyl (C=O) groups is 2. The lowest BCUT2D eigenvalue weighted by Gasteiger charge is -2.31. The molecule has 1 amide bonds. The van der Waals surface area contributed by atoms with Crippen molar-refractivity contribution in [3.63, 3.8) is 0 Å². The van der Waals surface area contributed by atoms with Crippen molar-refractivity contribution in [2.75, 3.05) is 6.61 Å². The van der Waals surface area contributed by atoms with Crippen LogP contribution in [0, 0.1) is 5.92 Å². The van der Waals surface area contributed by atoms with Crippen LogP contribution in [0.2, 0.25) is 0 Å². The highest BCUT2D eigenvalue weighted by molar-refractivity contribution is 5.76. The second kappa shape index (κ2) is 8.94. The number of nitrogens with one attached hydrogen (secondary N) is 1. The molecule has 2 atom stereocenters. The fraction of sp³-hybridized carbons (Fsp3) is 0.867. The van der Waals surface area contributed by atoms with Crippen LogP contribution in [-0.2, 0) is 14.3 Å². The van der Waals surface area contributed by atoms with Gasteiger partial charge in [-0.3, -0.25) is 9.59 Å². The van der Waals surface area contributed by atoms with E-state index in [2.05, 4.69) is 5.32 Å². The molecule has 0 aromatic heterocycles. The topological polar surface area (TPSA) is 55.4 Å². The van der Waals surface area contributed by atoms with Gasteiger partial charge in [-0.1, -0.05) is 26.7 Å². The van der Waals surface area contributed by atoms with Gasteiger partial charge in [0, 0.05) is 24.8 Å². The van der Waals surface area contributed by atoms with Crippen LogP contribution in [0.4, 0.5) is 0 Å². The average molecular weight is 269 g/mol. The molecule has 1 rings (SSSR count). The lowest BCUT2D eigenvalue weighted by molar-refractivity contribution is -0.145. The van der Waals surface area contributed by atoms with Gasteiger partial charge in [-0.25, -0.2) is 0 Å². The third-order valence-corrected chi connectivity index (χ3v) is 3.65. The Morgan fingerprint density at radius 3 is 2.47 bits per heavy atom. The van der Waals surface area contributed by atoms with Crippen LogP contribution in [0.3, 0.4) is 0 Å². The second-order valence-electron chi connectivity index (χ2n) is 5.40. The Morgan fingerprint density at radius 1 is 1.11 bits per heavy atom. The molecule has 0 aromatic carbocycles. The summed E-state index contributed by atoms with van der Waals surface area (Å²) < 4.78 is 5.30. The monoisotopic (exact) mass is 269 g/mol. The first kappa shape index (κ1) is 16.0. The summed E-state index contributed by atoms with van der Waals surface area (Å²) >= 11 is 0. The van der Waals surface area contributed by atoms with Crippen molar-refractivity contribution in [2.24, 2.45) is 5.92 Å². The van der Waals surface area contributed by atoms with Gasteiger partial charge >= 0.3 is 5.97 Å². The normalized spacial score (nSPS) is 22.8. The van der Waals surface area contributed by atoms with Crippen molar-refractivity contribution >= 4 is 11.9 Å². The molecule has 4 heteroatoms. The van der Waals surface area contributed by atoms with Crippen LogP contribution in [0.25, 0.3) is 0 Å². The SMILES string of the molecule is CCCC(=O)N[C@@H]1CCCC[C@@H]1COC(=O)CCC. The first-order valence-corrected chi connectivity index (χ1v) is 7.62. The van der Waals surface area contributed by atoms with Crippen LogP contribution in [0.15, 0.2) is 0 Å². The minimum atomic E-state index is -0.119. The number of rotatable bonds is 7. The molecule has 1 fully saturated rings. The fourth-order valence-electron chi connectivity index (χ4n) is 2.58. The minimum absolute atomic E-state index is 0.119. The smallest absolute Gasteiger partial charge is 0.305 e. The molecule has 1 saturated carbocycles. The number of amides is 1. The summed E-state index contributed by atoms with van der Waals surface area (Å²) in [5.74, 6) is 0.293. The van der Waals surface area contributed by atoms with Gasteiger partial charge < -0.3 is 10.1 Å². The quantitative estimate of drug-likeness (QED) is 0.723. The van der Waals surface area contributed by atoms with E-state index in [1.807, 2.05) is 13.8 Å². The molecule has 19 heavy (non-hydrogen) atoms. The lowest BCUT2D eigenvalue weighted by atomic mass is 9.85. The standard InChI is InChI=1S/C15H27NO3/c1-3-7-14(17)16-13-10-6-5-9-12(13)11-19-15(18)8-4-2/h12-13H,3-11H2,1-2H3,(H,16,17)/t12-,13-/m1/s1. The molecule has 0 bridgehead atoms. The third-order valence-electron chi connectivity index (χ3n) is 3.65. The summed E-state index contributed by atoms with van der Waals surface area (Å²) in [6.45, 7) is 4.43. The van der Waals surface area contributed by atoms with Crippen LogP contribution in [-0.4, -0.2) is 24.5 Å². The van der Waals surface area contributed by atoms with E-state index in [-0.39, 0.29) is 23.8 Å². The third kappa shape index (κ3) is 6.08. The van der Waals surface area contributed by atoms with Gasteiger partial charge in [-0.05, 0) is 25.7 Å². The first-order valence-electron chi connectivity index (χ1n) is 7.62. The van der Waals surface area contributed by atoms with Crippen LogP contribution >= 0.6 is 0 Å². The predicted molar refractivity (Wildman–Crippen MR) is 74.7 cm³/mol. The van der Waals surface area contributed by atoms with Crippen molar-refractivity contribution in [2.45, 2.75) is 71.3 Å². The van der Waals surface area contributed by atoms with Crippen molar-refractivity contribution in [3.05, 3.63) is 0 Å². The molecular formula is C15H27NO3. The van der Waals surface area contributed by atoms with Crippen molar-refractivity contribution in [1.82, 2.24) is 5.32 Å². The molecule has 0 saturated heterocycles. The van der Waals surface area contributed by atoms with Gasteiger partial charge in [0.15, 0.2) is 0 Å².